The molecular formula is C22H31NO. The largest absolute Gasteiger partial charge is 0.299 e. The molecule has 2 heteroatoms. The van der Waals surface area contributed by atoms with Crippen LogP contribution in [0.2, 0.25) is 0 Å². The third-order valence-corrected chi connectivity index (χ3v) is 6.74. The van der Waals surface area contributed by atoms with E-state index in [2.05, 4.69) is 35.2 Å². The summed E-state index contributed by atoms with van der Waals surface area (Å²) in [7, 11) is 0. The van der Waals surface area contributed by atoms with E-state index in [0.717, 1.165) is 19.4 Å². The Labute approximate surface area is 146 Å². The number of nitrogens with zero attached hydrogens (tertiary/aromatic N) is 1. The van der Waals surface area contributed by atoms with E-state index in [4.69, 9.17) is 0 Å². The van der Waals surface area contributed by atoms with Gasteiger partial charge in [0, 0.05) is 30.5 Å². The van der Waals surface area contributed by atoms with Gasteiger partial charge in [-0.1, -0.05) is 56.0 Å². The monoisotopic (exact) mass is 325 g/mol. The Morgan fingerprint density at radius 2 is 1.50 bits per heavy atom. The number of carbonyl (C=O) groups is 1. The number of benzene rings is 1. The van der Waals surface area contributed by atoms with Crippen molar-refractivity contribution in [2.24, 2.45) is 11.8 Å². The number of hydrogen-bond donors (Lipinski definition) is 0. The van der Waals surface area contributed by atoms with Crippen molar-refractivity contribution in [3.05, 3.63) is 35.9 Å². The van der Waals surface area contributed by atoms with Crippen LogP contribution in [0.5, 0.6) is 0 Å². The van der Waals surface area contributed by atoms with Gasteiger partial charge in [0.25, 0.3) is 0 Å². The molecular weight excluding hydrogens is 294 g/mol. The molecule has 24 heavy (non-hydrogen) atoms. The van der Waals surface area contributed by atoms with Gasteiger partial charge in [0.1, 0.15) is 5.78 Å². The van der Waals surface area contributed by atoms with Crippen LogP contribution in [0.25, 0.3) is 0 Å². The fourth-order valence-corrected chi connectivity index (χ4v) is 5.48. The highest BCUT2D eigenvalue weighted by atomic mass is 16.1. The lowest BCUT2D eigenvalue weighted by Crippen LogP contribution is -2.53. The molecule has 0 N–H and O–H groups in total. The SMILES string of the molecule is O=C(C1CCCCC1)C1CC2CCCC(C1)N2Cc1ccccc1. The van der Waals surface area contributed by atoms with Crippen molar-refractivity contribution < 1.29 is 4.79 Å². The first-order valence-electron chi connectivity index (χ1n) is 10.1. The van der Waals surface area contributed by atoms with E-state index in [9.17, 15) is 4.79 Å². The first-order chi connectivity index (χ1) is 11.8. The maximum Gasteiger partial charge on any atom is 0.139 e. The van der Waals surface area contributed by atoms with Crippen LogP contribution < -0.4 is 0 Å². The van der Waals surface area contributed by atoms with Gasteiger partial charge in [0.2, 0.25) is 0 Å². The lowest BCUT2D eigenvalue weighted by Gasteiger charge is -2.49. The zero-order chi connectivity index (χ0) is 16.4. The smallest absolute Gasteiger partial charge is 0.139 e. The van der Waals surface area contributed by atoms with Crippen LogP contribution in [0.15, 0.2) is 30.3 Å². The molecule has 3 aliphatic rings. The lowest BCUT2D eigenvalue weighted by molar-refractivity contribution is -0.132. The van der Waals surface area contributed by atoms with Crippen LogP contribution >= 0.6 is 0 Å². The van der Waals surface area contributed by atoms with E-state index in [1.54, 1.807) is 0 Å². The van der Waals surface area contributed by atoms with Gasteiger partial charge in [-0.3, -0.25) is 9.69 Å². The van der Waals surface area contributed by atoms with Gasteiger partial charge in [-0.05, 0) is 44.1 Å². The molecule has 0 spiro atoms. The first kappa shape index (κ1) is 16.3. The fourth-order valence-electron chi connectivity index (χ4n) is 5.48. The van der Waals surface area contributed by atoms with Crippen molar-refractivity contribution in [3.8, 4) is 0 Å². The summed E-state index contributed by atoms with van der Waals surface area (Å²) in [6.07, 6.45) is 12.4. The van der Waals surface area contributed by atoms with Crippen molar-refractivity contribution in [3.63, 3.8) is 0 Å². The maximum atomic E-state index is 13.0. The zero-order valence-electron chi connectivity index (χ0n) is 14.8. The van der Waals surface area contributed by atoms with E-state index >= 15 is 0 Å². The van der Waals surface area contributed by atoms with Gasteiger partial charge in [-0.2, -0.15) is 0 Å². The number of ketones is 1. The Morgan fingerprint density at radius 1 is 0.833 bits per heavy atom. The van der Waals surface area contributed by atoms with Gasteiger partial charge in [0.05, 0.1) is 0 Å². The van der Waals surface area contributed by atoms with E-state index in [0.29, 0.717) is 29.7 Å². The summed E-state index contributed by atoms with van der Waals surface area (Å²) >= 11 is 0. The average molecular weight is 325 g/mol. The van der Waals surface area contributed by atoms with Crippen LogP contribution in [-0.4, -0.2) is 22.8 Å². The molecule has 2 nitrogen and oxygen atoms in total. The predicted molar refractivity (Wildman–Crippen MR) is 97.7 cm³/mol. The molecule has 4 rings (SSSR count). The third kappa shape index (κ3) is 3.44. The molecule has 0 aromatic heterocycles. The molecule has 130 valence electrons. The van der Waals surface area contributed by atoms with E-state index < -0.39 is 0 Å². The van der Waals surface area contributed by atoms with Gasteiger partial charge < -0.3 is 0 Å². The van der Waals surface area contributed by atoms with Gasteiger partial charge >= 0.3 is 0 Å². The summed E-state index contributed by atoms with van der Waals surface area (Å²) in [5, 5.41) is 0. The minimum absolute atomic E-state index is 0.357. The molecule has 0 amide bonds. The number of piperidine rings is 2. The Morgan fingerprint density at radius 3 is 2.17 bits per heavy atom. The van der Waals surface area contributed by atoms with Crippen LogP contribution in [0, 0.1) is 11.8 Å². The normalized spacial score (nSPS) is 31.8. The molecule has 2 heterocycles. The Hall–Kier alpha value is -1.15. The summed E-state index contributed by atoms with van der Waals surface area (Å²) in [6.45, 7) is 1.07. The van der Waals surface area contributed by atoms with E-state index in [1.165, 1.54) is 56.9 Å². The highest BCUT2D eigenvalue weighted by molar-refractivity contribution is 5.83. The van der Waals surface area contributed by atoms with Crippen LogP contribution in [-0.2, 0) is 11.3 Å². The second kappa shape index (κ2) is 7.39. The number of Topliss-reactive ketones (excluding diaryl/α,β-unsaturated/α-hetero) is 1. The summed E-state index contributed by atoms with van der Waals surface area (Å²) in [5.74, 6) is 1.38. The number of rotatable bonds is 4. The minimum Gasteiger partial charge on any atom is -0.299 e. The summed E-state index contributed by atoms with van der Waals surface area (Å²) in [6, 6.07) is 12.1. The molecule has 2 atom stereocenters. The second-order valence-electron chi connectivity index (χ2n) is 8.30. The third-order valence-electron chi connectivity index (χ3n) is 6.74. The molecule has 0 radical (unpaired) electrons. The van der Waals surface area contributed by atoms with Crippen molar-refractivity contribution in [2.45, 2.75) is 82.8 Å². The quantitative estimate of drug-likeness (QED) is 0.779. The molecule has 1 aromatic carbocycles. The van der Waals surface area contributed by atoms with E-state index in [-0.39, 0.29) is 0 Å². The van der Waals surface area contributed by atoms with Crippen molar-refractivity contribution in [2.75, 3.05) is 0 Å². The Bertz CT molecular complexity index is 534. The van der Waals surface area contributed by atoms with Gasteiger partial charge in [0.15, 0.2) is 0 Å². The Balaban J connectivity index is 1.43. The molecule has 1 aliphatic carbocycles. The number of fused-ring (bicyclic) bond motifs is 2. The molecule has 2 saturated heterocycles. The van der Waals surface area contributed by atoms with Crippen molar-refractivity contribution >= 4 is 5.78 Å². The summed E-state index contributed by atoms with van der Waals surface area (Å²) in [5.41, 5.74) is 1.42. The highest BCUT2D eigenvalue weighted by Crippen LogP contribution is 2.40. The standard InChI is InChI=1S/C22H31NO/c24-22(18-10-5-2-6-11-18)19-14-20-12-7-13-21(15-19)23(20)16-17-8-3-1-4-9-17/h1,3-4,8-9,18-21H,2,5-7,10-16H2. The summed E-state index contributed by atoms with van der Waals surface area (Å²) < 4.78 is 0. The topological polar surface area (TPSA) is 20.3 Å². The lowest BCUT2D eigenvalue weighted by atomic mass is 9.72. The van der Waals surface area contributed by atoms with Crippen molar-refractivity contribution in [1.82, 2.24) is 4.90 Å². The molecule has 2 unspecified atom stereocenters. The van der Waals surface area contributed by atoms with E-state index in [1.807, 2.05) is 0 Å². The molecule has 1 saturated carbocycles. The van der Waals surface area contributed by atoms with Crippen molar-refractivity contribution in [1.29, 1.82) is 0 Å². The average Bonchev–Trinajstić information content (AvgIpc) is 2.62. The fraction of sp³-hybridized carbons (Fsp3) is 0.682. The van der Waals surface area contributed by atoms with Gasteiger partial charge in [-0.15, -0.1) is 0 Å². The zero-order valence-corrected chi connectivity index (χ0v) is 14.8. The van der Waals surface area contributed by atoms with Crippen LogP contribution in [0.4, 0.5) is 0 Å². The second-order valence-corrected chi connectivity index (χ2v) is 8.30. The van der Waals surface area contributed by atoms with Crippen LogP contribution in [0.1, 0.15) is 69.8 Å². The van der Waals surface area contributed by atoms with Crippen LogP contribution in [0.3, 0.4) is 0 Å². The predicted octanol–water partition coefficient (Wildman–Crippen LogP) is 4.97. The first-order valence-corrected chi connectivity index (χ1v) is 10.1. The van der Waals surface area contributed by atoms with Gasteiger partial charge in [-0.25, -0.2) is 0 Å². The highest BCUT2D eigenvalue weighted by Gasteiger charge is 2.41. The maximum absolute atomic E-state index is 13.0. The molecule has 1 aromatic rings. The molecule has 2 aliphatic heterocycles. The Kier molecular flexibility index (Phi) is 5.03. The molecule has 3 fully saturated rings. The molecule has 2 bridgehead atoms. The minimum atomic E-state index is 0.357. The number of carbonyl (C=O) groups excluding carboxylic acids is 1. The number of hydrogen-bond acceptors (Lipinski definition) is 2. The summed E-state index contributed by atoms with van der Waals surface area (Å²) in [4.78, 5) is 15.8.